The van der Waals surface area contributed by atoms with Crippen molar-refractivity contribution in [3.05, 3.63) is 93.8 Å². The summed E-state index contributed by atoms with van der Waals surface area (Å²) in [6, 6.07) is 21.8. The van der Waals surface area contributed by atoms with Crippen LogP contribution in [0.25, 0.3) is 33.2 Å². The second-order valence-corrected chi connectivity index (χ2v) is 8.84. The van der Waals surface area contributed by atoms with Crippen molar-refractivity contribution in [2.75, 3.05) is 20.6 Å². The number of benzene rings is 3. The molecule has 0 unspecified atom stereocenters. The van der Waals surface area contributed by atoms with Gasteiger partial charge in [-0.2, -0.15) is 0 Å². The highest BCUT2D eigenvalue weighted by molar-refractivity contribution is 6.26. The van der Waals surface area contributed by atoms with Crippen LogP contribution in [-0.2, 0) is 6.54 Å². The second-order valence-electron chi connectivity index (χ2n) is 8.84. The first-order chi connectivity index (χ1) is 15.5. The minimum atomic E-state index is -0.0310. The minimum absolute atomic E-state index is 0.00488. The number of carbonyl (C=O) groups excluding carboxylic acids is 1. The Hall–Kier alpha value is -3.50. The summed E-state index contributed by atoms with van der Waals surface area (Å²) in [5.74, 6) is 0.00488. The number of fused-ring (bicyclic) bond motifs is 5. The maximum atomic E-state index is 13.8. The van der Waals surface area contributed by atoms with E-state index in [2.05, 4.69) is 30.0 Å². The normalized spacial score (nSPS) is 12.4. The van der Waals surface area contributed by atoms with Crippen LogP contribution in [0, 0.1) is 6.92 Å². The average Bonchev–Trinajstić information content (AvgIpc) is 3.08. The zero-order valence-electron chi connectivity index (χ0n) is 18.7. The van der Waals surface area contributed by atoms with Crippen LogP contribution < -0.4 is 5.56 Å². The molecule has 3 aromatic carbocycles. The first kappa shape index (κ1) is 20.4. The van der Waals surface area contributed by atoms with Crippen molar-refractivity contribution in [1.82, 2.24) is 9.47 Å². The van der Waals surface area contributed by atoms with Gasteiger partial charge in [-0.05, 0) is 51.2 Å². The highest BCUT2D eigenvalue weighted by Crippen LogP contribution is 2.40. The Morgan fingerprint density at radius 2 is 1.56 bits per heavy atom. The van der Waals surface area contributed by atoms with Gasteiger partial charge in [-0.1, -0.05) is 66.2 Å². The topological polar surface area (TPSA) is 42.3 Å². The van der Waals surface area contributed by atoms with Gasteiger partial charge in [0, 0.05) is 28.4 Å². The van der Waals surface area contributed by atoms with Gasteiger partial charge in [-0.3, -0.25) is 9.59 Å². The average molecular weight is 423 g/mol. The van der Waals surface area contributed by atoms with Gasteiger partial charge in [0.1, 0.15) is 0 Å². The molecule has 160 valence electrons. The molecule has 32 heavy (non-hydrogen) atoms. The summed E-state index contributed by atoms with van der Waals surface area (Å²) in [4.78, 5) is 29.3. The van der Waals surface area contributed by atoms with Crippen LogP contribution >= 0.6 is 0 Å². The molecule has 4 aromatic rings. The number of aryl methyl sites for hydroxylation is 1. The molecule has 0 fully saturated rings. The summed E-state index contributed by atoms with van der Waals surface area (Å²) in [5, 5.41) is 1.35. The van der Waals surface area contributed by atoms with Crippen LogP contribution in [0.3, 0.4) is 0 Å². The van der Waals surface area contributed by atoms with E-state index in [1.165, 1.54) is 5.56 Å². The van der Waals surface area contributed by atoms with E-state index in [4.69, 9.17) is 0 Å². The van der Waals surface area contributed by atoms with Gasteiger partial charge in [-0.15, -0.1) is 0 Å². The number of nitrogens with zero attached hydrogens (tertiary/aromatic N) is 2. The van der Waals surface area contributed by atoms with E-state index in [1.54, 1.807) is 0 Å². The van der Waals surface area contributed by atoms with Gasteiger partial charge in [0.05, 0.1) is 11.3 Å². The molecule has 0 amide bonds. The van der Waals surface area contributed by atoms with Crippen LogP contribution in [0.15, 0.2) is 71.5 Å². The molecule has 4 heteroatoms. The molecule has 0 N–H and O–H groups in total. The van der Waals surface area contributed by atoms with E-state index in [0.29, 0.717) is 23.1 Å². The molecule has 1 aromatic heterocycles. The lowest BCUT2D eigenvalue weighted by atomic mass is 9.97. The summed E-state index contributed by atoms with van der Waals surface area (Å²) in [7, 11) is 4.06. The number of carbonyl (C=O) groups is 1. The molecule has 4 nitrogen and oxygen atoms in total. The van der Waals surface area contributed by atoms with Gasteiger partial charge in [0.25, 0.3) is 5.56 Å². The molecule has 0 saturated heterocycles. The van der Waals surface area contributed by atoms with Crippen LogP contribution in [-0.4, -0.2) is 35.9 Å². The van der Waals surface area contributed by atoms with E-state index in [-0.39, 0.29) is 11.3 Å². The van der Waals surface area contributed by atoms with Crippen LogP contribution in [0.2, 0.25) is 0 Å². The van der Waals surface area contributed by atoms with Gasteiger partial charge < -0.3 is 9.47 Å². The first-order valence-corrected chi connectivity index (χ1v) is 11.0. The fourth-order valence-corrected chi connectivity index (χ4v) is 4.74. The minimum Gasteiger partial charge on any atom is -0.309 e. The largest absolute Gasteiger partial charge is 0.309 e. The molecule has 0 aliphatic heterocycles. The van der Waals surface area contributed by atoms with Gasteiger partial charge in [0.2, 0.25) is 0 Å². The second kappa shape index (κ2) is 7.88. The third kappa shape index (κ3) is 3.28. The molecular weight excluding hydrogens is 396 g/mol. The molecule has 0 bridgehead atoms. The Morgan fingerprint density at radius 3 is 2.31 bits per heavy atom. The molecule has 0 atom stereocenters. The maximum absolute atomic E-state index is 13.8. The Labute approximate surface area is 187 Å². The van der Waals surface area contributed by atoms with Gasteiger partial charge in [-0.25, -0.2) is 0 Å². The van der Waals surface area contributed by atoms with Crippen molar-refractivity contribution in [1.29, 1.82) is 0 Å². The predicted molar refractivity (Wildman–Crippen MR) is 130 cm³/mol. The Morgan fingerprint density at radius 1 is 0.812 bits per heavy atom. The third-order valence-corrected chi connectivity index (χ3v) is 6.26. The standard InChI is InChI=1S/C28H26N2O2/c1-18-8-6-9-19(16-18)20-12-13-21-24(17-20)28(32)30(15-7-14-29(2)3)26-22-10-4-5-11-23(22)27(31)25(21)26/h4-6,8-13,16-17H,7,14-15H2,1-3H3. The van der Waals surface area contributed by atoms with Crippen molar-refractivity contribution >= 4 is 16.6 Å². The van der Waals surface area contributed by atoms with Crippen LogP contribution in [0.5, 0.6) is 0 Å². The van der Waals surface area contributed by atoms with Crippen molar-refractivity contribution in [2.45, 2.75) is 19.9 Å². The summed E-state index contributed by atoms with van der Waals surface area (Å²) < 4.78 is 1.82. The highest BCUT2D eigenvalue weighted by Gasteiger charge is 2.32. The molecule has 1 aliphatic rings. The molecule has 5 rings (SSSR count). The summed E-state index contributed by atoms with van der Waals surface area (Å²) in [5.41, 5.74) is 6.16. The lowest BCUT2D eigenvalue weighted by molar-refractivity contribution is 0.104. The number of rotatable bonds is 5. The quantitative estimate of drug-likeness (QED) is 0.394. The first-order valence-electron chi connectivity index (χ1n) is 11.0. The summed E-state index contributed by atoms with van der Waals surface area (Å²) in [6.45, 7) is 3.51. The third-order valence-electron chi connectivity index (χ3n) is 6.26. The van der Waals surface area contributed by atoms with Crippen molar-refractivity contribution in [2.24, 2.45) is 0 Å². The van der Waals surface area contributed by atoms with E-state index in [1.807, 2.05) is 67.2 Å². The highest BCUT2D eigenvalue weighted by atomic mass is 16.1. The van der Waals surface area contributed by atoms with Crippen LogP contribution in [0.4, 0.5) is 0 Å². The van der Waals surface area contributed by atoms with Gasteiger partial charge in [0.15, 0.2) is 5.78 Å². The van der Waals surface area contributed by atoms with E-state index >= 15 is 0 Å². The SMILES string of the molecule is Cc1cccc(-c2ccc3c4c(n(CCCN(C)C)c(=O)c3c2)-c2ccccc2C4=O)c1. The lowest BCUT2D eigenvalue weighted by Gasteiger charge is -2.17. The fraction of sp³-hybridized carbons (Fsp3) is 0.214. The Bertz CT molecular complexity index is 1430. The number of hydrogen-bond acceptors (Lipinski definition) is 3. The molecule has 0 radical (unpaired) electrons. The number of ketones is 1. The number of hydrogen-bond donors (Lipinski definition) is 0. The van der Waals surface area contributed by atoms with E-state index < -0.39 is 0 Å². The van der Waals surface area contributed by atoms with Crippen molar-refractivity contribution < 1.29 is 4.79 Å². The molecule has 0 saturated carbocycles. The molecule has 0 spiro atoms. The fourth-order valence-electron chi connectivity index (χ4n) is 4.74. The van der Waals surface area contributed by atoms with Gasteiger partial charge >= 0.3 is 0 Å². The molecule has 1 heterocycles. The van der Waals surface area contributed by atoms with E-state index in [9.17, 15) is 9.59 Å². The van der Waals surface area contributed by atoms with E-state index in [0.717, 1.165) is 40.7 Å². The van der Waals surface area contributed by atoms with Crippen molar-refractivity contribution in [3.63, 3.8) is 0 Å². The van der Waals surface area contributed by atoms with Crippen molar-refractivity contribution in [3.8, 4) is 22.4 Å². The maximum Gasteiger partial charge on any atom is 0.258 e. The zero-order valence-corrected chi connectivity index (χ0v) is 18.7. The number of aromatic nitrogens is 1. The Kier molecular flexibility index (Phi) is 5.03. The number of pyridine rings is 1. The molecule has 1 aliphatic carbocycles. The monoisotopic (exact) mass is 422 g/mol. The summed E-state index contributed by atoms with van der Waals surface area (Å²) >= 11 is 0. The lowest BCUT2D eigenvalue weighted by Crippen LogP contribution is -2.25. The predicted octanol–water partition coefficient (Wildman–Crippen LogP) is 5.14. The Balaban J connectivity index is 1.77. The van der Waals surface area contributed by atoms with Crippen LogP contribution in [0.1, 0.15) is 27.9 Å². The summed E-state index contributed by atoms with van der Waals surface area (Å²) in [6.07, 6.45) is 0.832. The molecular formula is C28H26N2O2. The zero-order chi connectivity index (χ0) is 22.4. The smallest absolute Gasteiger partial charge is 0.258 e.